The molecule has 1 nitrogen and oxygen atoms in total. The lowest BCUT2D eigenvalue weighted by Crippen LogP contribution is -2.16. The first-order valence-electron chi connectivity index (χ1n) is 12.4. The maximum atomic E-state index is 5.55. The van der Waals surface area contributed by atoms with Gasteiger partial charge in [-0.2, -0.15) is 0 Å². The van der Waals surface area contributed by atoms with Gasteiger partial charge in [0.05, 0.1) is 0 Å². The van der Waals surface area contributed by atoms with E-state index in [4.69, 9.17) is 6.42 Å². The fourth-order valence-corrected chi connectivity index (χ4v) is 4.44. The topological polar surface area (TPSA) is 12.0 Å². The monoisotopic (exact) mass is 447 g/mol. The van der Waals surface area contributed by atoms with Gasteiger partial charge in [0.15, 0.2) is 0 Å². The van der Waals surface area contributed by atoms with Crippen LogP contribution in [0.2, 0.25) is 0 Å². The van der Waals surface area contributed by atoms with Crippen LogP contribution in [0.25, 0.3) is 11.3 Å². The normalized spacial score (nSPS) is 11.4. The number of hydrogen-bond acceptors (Lipinski definition) is 1. The van der Waals surface area contributed by atoms with Crippen molar-refractivity contribution in [2.24, 2.45) is 0 Å². The molecule has 0 heterocycles. The van der Waals surface area contributed by atoms with Crippen LogP contribution in [0, 0.1) is 19.3 Å². The summed E-state index contributed by atoms with van der Waals surface area (Å²) in [6, 6.07) is 26.1. The fraction of sp³-hybridized carbons (Fsp3) is 0.273. The first kappa shape index (κ1) is 25.1. The van der Waals surface area contributed by atoms with Crippen LogP contribution in [0.5, 0.6) is 0 Å². The molecule has 0 bridgehead atoms. The molecule has 1 heteroatoms. The fourth-order valence-electron chi connectivity index (χ4n) is 4.44. The Balaban J connectivity index is 1.88. The van der Waals surface area contributed by atoms with Gasteiger partial charge in [0.1, 0.15) is 0 Å². The molecule has 0 saturated carbocycles. The highest BCUT2D eigenvalue weighted by atomic mass is 14.9. The van der Waals surface area contributed by atoms with Gasteiger partial charge in [0.2, 0.25) is 0 Å². The summed E-state index contributed by atoms with van der Waals surface area (Å²) in [5.74, 6) is 2.69. The molecule has 3 aromatic carbocycles. The van der Waals surface area contributed by atoms with E-state index in [9.17, 15) is 0 Å². The minimum atomic E-state index is 0.133. The van der Waals surface area contributed by atoms with Crippen LogP contribution in [-0.4, -0.2) is 0 Å². The lowest BCUT2D eigenvalue weighted by Gasteiger charge is -2.20. The summed E-state index contributed by atoms with van der Waals surface area (Å²) < 4.78 is 0. The van der Waals surface area contributed by atoms with Gasteiger partial charge in [0.25, 0.3) is 0 Å². The molecular weight excluding hydrogens is 410 g/mol. The molecule has 0 aliphatic carbocycles. The van der Waals surface area contributed by atoms with E-state index in [-0.39, 0.29) is 6.04 Å². The van der Waals surface area contributed by atoms with Gasteiger partial charge >= 0.3 is 0 Å². The Morgan fingerprint density at radius 2 is 1.47 bits per heavy atom. The van der Waals surface area contributed by atoms with Crippen LogP contribution in [-0.2, 0) is 0 Å². The standard InChI is InChI=1S/C33H37N/c1-7-11-29(12-8-2)33(30-17-15-24(4)16-18-30)31-21-19-28(20-22-31)25(5)34-26(6)32-14-10-13-27(9-3)23-32/h3,10,13-23,25,34H,6-8,11-12H2,1-2,4-5H3. The molecule has 0 aliphatic heterocycles. The maximum absolute atomic E-state index is 5.55. The third kappa shape index (κ3) is 6.30. The molecule has 0 amide bonds. The first-order valence-corrected chi connectivity index (χ1v) is 12.4. The van der Waals surface area contributed by atoms with E-state index < -0.39 is 0 Å². The minimum absolute atomic E-state index is 0.133. The lowest BCUT2D eigenvalue weighted by molar-refractivity contribution is 0.702. The Hall–Kier alpha value is -3.50. The van der Waals surface area contributed by atoms with E-state index in [1.54, 1.807) is 5.57 Å². The molecule has 0 saturated heterocycles. The van der Waals surface area contributed by atoms with Crippen LogP contribution in [0.3, 0.4) is 0 Å². The molecule has 0 aliphatic rings. The minimum Gasteiger partial charge on any atom is -0.379 e. The second-order valence-corrected chi connectivity index (χ2v) is 9.04. The second kappa shape index (κ2) is 12.1. The summed E-state index contributed by atoms with van der Waals surface area (Å²) in [6.45, 7) is 13.1. The van der Waals surface area contributed by atoms with Crippen molar-refractivity contribution in [1.82, 2.24) is 5.32 Å². The highest BCUT2D eigenvalue weighted by molar-refractivity contribution is 5.82. The summed E-state index contributed by atoms with van der Waals surface area (Å²) >= 11 is 0. The Bertz CT molecular complexity index is 1160. The van der Waals surface area contributed by atoms with Crippen molar-refractivity contribution in [2.45, 2.75) is 59.4 Å². The molecule has 0 radical (unpaired) electrons. The first-order chi connectivity index (χ1) is 16.5. The van der Waals surface area contributed by atoms with Gasteiger partial charge in [-0.1, -0.05) is 111 Å². The molecule has 174 valence electrons. The lowest BCUT2D eigenvalue weighted by atomic mass is 9.88. The molecule has 1 atom stereocenters. The van der Waals surface area contributed by atoms with Crippen LogP contribution >= 0.6 is 0 Å². The molecule has 1 unspecified atom stereocenters. The van der Waals surface area contributed by atoms with Crippen molar-refractivity contribution in [1.29, 1.82) is 0 Å². The highest BCUT2D eigenvalue weighted by Crippen LogP contribution is 2.32. The van der Waals surface area contributed by atoms with Crippen LogP contribution in [0.15, 0.2) is 84.9 Å². The summed E-state index contributed by atoms with van der Waals surface area (Å²) in [5.41, 5.74) is 10.8. The van der Waals surface area contributed by atoms with E-state index >= 15 is 0 Å². The predicted octanol–water partition coefficient (Wildman–Crippen LogP) is 8.70. The molecule has 0 aromatic heterocycles. The van der Waals surface area contributed by atoms with Crippen LogP contribution in [0.4, 0.5) is 0 Å². The zero-order valence-electron chi connectivity index (χ0n) is 21.1. The molecular formula is C33H37N. The molecule has 1 N–H and O–H groups in total. The van der Waals surface area contributed by atoms with E-state index in [0.29, 0.717) is 0 Å². The zero-order chi connectivity index (χ0) is 24.5. The van der Waals surface area contributed by atoms with Crippen molar-refractivity contribution in [3.05, 3.63) is 118 Å². The summed E-state index contributed by atoms with van der Waals surface area (Å²) in [7, 11) is 0. The van der Waals surface area contributed by atoms with Gasteiger partial charge in [-0.3, -0.25) is 0 Å². The van der Waals surface area contributed by atoms with Crippen molar-refractivity contribution >= 4 is 11.3 Å². The van der Waals surface area contributed by atoms with Gasteiger partial charge in [-0.15, -0.1) is 6.42 Å². The predicted molar refractivity (Wildman–Crippen MR) is 148 cm³/mol. The van der Waals surface area contributed by atoms with Crippen LogP contribution < -0.4 is 5.32 Å². The smallest absolute Gasteiger partial charge is 0.0485 e. The summed E-state index contributed by atoms with van der Waals surface area (Å²) in [6.07, 6.45) is 10.1. The van der Waals surface area contributed by atoms with Crippen molar-refractivity contribution in [2.75, 3.05) is 0 Å². The van der Waals surface area contributed by atoms with Gasteiger partial charge in [-0.05, 0) is 66.6 Å². The number of aryl methyl sites for hydroxylation is 1. The number of benzene rings is 3. The largest absolute Gasteiger partial charge is 0.379 e. The Morgan fingerprint density at radius 3 is 2.03 bits per heavy atom. The third-order valence-corrected chi connectivity index (χ3v) is 6.27. The Morgan fingerprint density at radius 1 is 0.882 bits per heavy atom. The van der Waals surface area contributed by atoms with Crippen molar-refractivity contribution < 1.29 is 0 Å². The van der Waals surface area contributed by atoms with Gasteiger partial charge < -0.3 is 5.32 Å². The molecule has 0 fully saturated rings. The van der Waals surface area contributed by atoms with Crippen molar-refractivity contribution in [3.63, 3.8) is 0 Å². The van der Waals surface area contributed by atoms with Gasteiger partial charge in [-0.25, -0.2) is 0 Å². The number of nitrogens with one attached hydrogen (secondary N) is 1. The molecule has 0 spiro atoms. The average molecular weight is 448 g/mol. The van der Waals surface area contributed by atoms with E-state index in [1.807, 2.05) is 24.3 Å². The SMILES string of the molecule is C#Cc1cccc(C(=C)NC(C)c2ccc(C(=C(CCC)CCC)c3ccc(C)cc3)cc2)c1. The Labute approximate surface area is 206 Å². The van der Waals surface area contributed by atoms with E-state index in [0.717, 1.165) is 42.5 Å². The summed E-state index contributed by atoms with van der Waals surface area (Å²) in [4.78, 5) is 0. The zero-order valence-corrected chi connectivity index (χ0v) is 21.1. The van der Waals surface area contributed by atoms with Gasteiger partial charge in [0, 0.05) is 17.3 Å². The molecule has 3 aromatic rings. The molecule has 3 rings (SSSR count). The van der Waals surface area contributed by atoms with E-state index in [1.165, 1.54) is 27.8 Å². The highest BCUT2D eigenvalue weighted by Gasteiger charge is 2.13. The number of hydrogen-bond donors (Lipinski definition) is 1. The van der Waals surface area contributed by atoms with E-state index in [2.05, 4.69) is 94.0 Å². The Kier molecular flexibility index (Phi) is 8.94. The quantitative estimate of drug-likeness (QED) is 0.306. The number of terminal acetylenes is 1. The number of allylic oxidation sites excluding steroid dienone is 1. The maximum Gasteiger partial charge on any atom is 0.0485 e. The second-order valence-electron chi connectivity index (χ2n) is 9.04. The molecule has 34 heavy (non-hydrogen) atoms. The average Bonchev–Trinajstić information content (AvgIpc) is 2.86. The van der Waals surface area contributed by atoms with Crippen LogP contribution in [0.1, 0.15) is 85.9 Å². The number of rotatable bonds is 10. The summed E-state index contributed by atoms with van der Waals surface area (Å²) in [5, 5.41) is 3.54. The third-order valence-electron chi connectivity index (χ3n) is 6.27. The van der Waals surface area contributed by atoms with Crippen molar-refractivity contribution in [3.8, 4) is 12.3 Å².